The molecule has 2 saturated heterocycles. The van der Waals surface area contributed by atoms with Crippen molar-refractivity contribution >= 4 is 32.6 Å². The highest BCUT2D eigenvalue weighted by Crippen LogP contribution is 2.39. The summed E-state index contributed by atoms with van der Waals surface area (Å²) in [6.45, 7) is 3.52. The quantitative estimate of drug-likeness (QED) is 0.777. The van der Waals surface area contributed by atoms with E-state index in [4.69, 9.17) is 4.74 Å². The molecule has 1 aromatic carbocycles. The molecule has 2 aliphatic heterocycles. The van der Waals surface area contributed by atoms with Gasteiger partial charge in [-0.1, -0.05) is 17.4 Å². The first-order valence-corrected chi connectivity index (χ1v) is 9.83. The fourth-order valence-electron chi connectivity index (χ4n) is 3.70. The highest BCUT2D eigenvalue weighted by molar-refractivity contribution is 7.22. The molecule has 1 aromatic heterocycles. The Morgan fingerprint density at radius 1 is 1.22 bits per heavy atom. The molecule has 2 aliphatic rings. The number of hydrogen-bond acceptors (Lipinski definition) is 5. The third kappa shape index (κ3) is 3.75. The minimum atomic E-state index is -4.43. The number of carbonyl (C=O) groups is 1. The van der Waals surface area contributed by atoms with E-state index in [1.807, 2.05) is 9.80 Å². The van der Waals surface area contributed by atoms with Crippen LogP contribution in [0.15, 0.2) is 18.2 Å². The molecule has 4 rings (SSSR count). The van der Waals surface area contributed by atoms with Gasteiger partial charge in [-0.2, -0.15) is 13.2 Å². The maximum absolute atomic E-state index is 13.2. The van der Waals surface area contributed by atoms with Crippen LogP contribution < -0.4 is 4.90 Å². The summed E-state index contributed by atoms with van der Waals surface area (Å²) in [4.78, 5) is 20.8. The lowest BCUT2D eigenvalue weighted by atomic mass is 9.96. The SMILES string of the molecule is O=C(C1CCCN(c2nc3c(C(F)(F)F)cccc3s2)C1)N1CCOCC1. The Bertz CT molecular complexity index is 833. The zero-order chi connectivity index (χ0) is 19.0. The molecular formula is C18H20F3N3O2S. The van der Waals surface area contributed by atoms with E-state index in [0.717, 1.165) is 18.9 Å². The van der Waals surface area contributed by atoms with Gasteiger partial charge in [0.25, 0.3) is 0 Å². The molecule has 0 spiro atoms. The second-order valence-electron chi connectivity index (χ2n) is 6.87. The van der Waals surface area contributed by atoms with Gasteiger partial charge in [0.05, 0.1) is 34.9 Å². The molecule has 0 saturated carbocycles. The molecule has 0 N–H and O–H groups in total. The summed E-state index contributed by atoms with van der Waals surface area (Å²) in [6.07, 6.45) is -2.81. The molecule has 0 aliphatic carbocycles. The lowest BCUT2D eigenvalue weighted by Gasteiger charge is -2.36. The van der Waals surface area contributed by atoms with Crippen LogP contribution in [-0.4, -0.2) is 55.2 Å². The van der Waals surface area contributed by atoms with Gasteiger partial charge in [0.2, 0.25) is 5.91 Å². The van der Waals surface area contributed by atoms with Crippen LogP contribution in [0.2, 0.25) is 0 Å². The number of alkyl halides is 3. The molecule has 3 heterocycles. The topological polar surface area (TPSA) is 45.7 Å². The van der Waals surface area contributed by atoms with Crippen molar-refractivity contribution in [1.82, 2.24) is 9.88 Å². The lowest BCUT2D eigenvalue weighted by Crippen LogP contribution is -2.48. The van der Waals surface area contributed by atoms with Crippen molar-refractivity contribution in [3.63, 3.8) is 0 Å². The molecule has 0 radical (unpaired) electrons. The largest absolute Gasteiger partial charge is 0.418 e. The second kappa shape index (κ2) is 7.27. The fourth-order valence-corrected chi connectivity index (χ4v) is 4.72. The summed E-state index contributed by atoms with van der Waals surface area (Å²) in [6, 6.07) is 4.13. The Hall–Kier alpha value is -1.87. The molecule has 5 nitrogen and oxygen atoms in total. The third-order valence-corrected chi connectivity index (χ3v) is 6.16. The number of aromatic nitrogens is 1. The number of rotatable bonds is 2. The number of ether oxygens (including phenoxy) is 1. The van der Waals surface area contributed by atoms with E-state index in [1.165, 1.54) is 17.4 Å². The van der Waals surface area contributed by atoms with Crippen molar-refractivity contribution in [3.8, 4) is 0 Å². The Balaban J connectivity index is 1.55. The van der Waals surface area contributed by atoms with Gasteiger partial charge in [-0.3, -0.25) is 4.79 Å². The number of anilines is 1. The van der Waals surface area contributed by atoms with Crippen molar-refractivity contribution < 1.29 is 22.7 Å². The first-order valence-electron chi connectivity index (χ1n) is 9.02. The third-order valence-electron chi connectivity index (χ3n) is 5.08. The summed E-state index contributed by atoms with van der Waals surface area (Å²) in [5.74, 6) is -0.0361. The van der Waals surface area contributed by atoms with Gasteiger partial charge in [-0.15, -0.1) is 0 Å². The monoisotopic (exact) mass is 399 g/mol. The number of thiazole rings is 1. The van der Waals surface area contributed by atoms with Crippen molar-refractivity contribution in [1.29, 1.82) is 0 Å². The molecule has 2 aromatic rings. The minimum absolute atomic E-state index is 0.00775. The molecule has 146 valence electrons. The van der Waals surface area contributed by atoms with E-state index >= 15 is 0 Å². The van der Waals surface area contributed by atoms with Crippen LogP contribution in [0.25, 0.3) is 10.2 Å². The number of halogens is 3. The van der Waals surface area contributed by atoms with Crippen molar-refractivity contribution in [2.45, 2.75) is 19.0 Å². The number of para-hydroxylation sites is 1. The summed E-state index contributed by atoms with van der Waals surface area (Å²) in [5, 5.41) is 0.557. The predicted molar refractivity (Wildman–Crippen MR) is 97.0 cm³/mol. The number of morpholine rings is 1. The number of amides is 1. The van der Waals surface area contributed by atoms with Gasteiger partial charge in [0, 0.05) is 26.2 Å². The zero-order valence-electron chi connectivity index (χ0n) is 14.7. The van der Waals surface area contributed by atoms with Gasteiger partial charge in [0.1, 0.15) is 0 Å². The van der Waals surface area contributed by atoms with Gasteiger partial charge >= 0.3 is 6.18 Å². The average molecular weight is 399 g/mol. The molecule has 0 bridgehead atoms. The van der Waals surface area contributed by atoms with E-state index in [9.17, 15) is 18.0 Å². The highest BCUT2D eigenvalue weighted by Gasteiger charge is 2.35. The number of piperidine rings is 1. The first-order chi connectivity index (χ1) is 12.9. The van der Waals surface area contributed by atoms with E-state index in [-0.39, 0.29) is 17.3 Å². The number of fused-ring (bicyclic) bond motifs is 1. The number of benzene rings is 1. The van der Waals surface area contributed by atoms with E-state index < -0.39 is 11.7 Å². The van der Waals surface area contributed by atoms with Crippen LogP contribution >= 0.6 is 11.3 Å². The fraction of sp³-hybridized carbons (Fsp3) is 0.556. The normalized spacial score (nSPS) is 21.7. The molecule has 2 fully saturated rings. The lowest BCUT2D eigenvalue weighted by molar-refractivity contribution is -0.140. The second-order valence-corrected chi connectivity index (χ2v) is 7.88. The number of hydrogen-bond donors (Lipinski definition) is 0. The predicted octanol–water partition coefficient (Wildman–Crippen LogP) is 3.39. The molecule has 1 amide bonds. The summed E-state index contributed by atoms with van der Waals surface area (Å²) >= 11 is 1.25. The molecule has 9 heteroatoms. The molecule has 1 unspecified atom stereocenters. The van der Waals surface area contributed by atoms with E-state index in [2.05, 4.69) is 4.98 Å². The number of carbonyl (C=O) groups excluding carboxylic acids is 1. The van der Waals surface area contributed by atoms with Crippen molar-refractivity contribution in [3.05, 3.63) is 23.8 Å². The van der Waals surface area contributed by atoms with Crippen LogP contribution in [0, 0.1) is 5.92 Å². The Morgan fingerprint density at radius 2 is 2.00 bits per heavy atom. The molecule has 1 atom stereocenters. The maximum atomic E-state index is 13.2. The smallest absolute Gasteiger partial charge is 0.378 e. The number of nitrogens with zero attached hydrogens (tertiary/aromatic N) is 3. The average Bonchev–Trinajstić information content (AvgIpc) is 3.11. The Labute approximate surface area is 158 Å². The van der Waals surface area contributed by atoms with Crippen molar-refractivity contribution in [2.24, 2.45) is 5.92 Å². The van der Waals surface area contributed by atoms with Crippen LogP contribution in [0.5, 0.6) is 0 Å². The van der Waals surface area contributed by atoms with Crippen LogP contribution in [0.4, 0.5) is 18.3 Å². The molecule has 27 heavy (non-hydrogen) atoms. The van der Waals surface area contributed by atoms with Crippen molar-refractivity contribution in [2.75, 3.05) is 44.3 Å². The highest BCUT2D eigenvalue weighted by atomic mass is 32.1. The maximum Gasteiger partial charge on any atom is 0.418 e. The van der Waals surface area contributed by atoms with Gasteiger partial charge in [0.15, 0.2) is 5.13 Å². The zero-order valence-corrected chi connectivity index (χ0v) is 15.5. The van der Waals surface area contributed by atoms with Crippen LogP contribution in [0.1, 0.15) is 18.4 Å². The Kier molecular flexibility index (Phi) is 4.98. The first kappa shape index (κ1) is 18.5. The molecular weight excluding hydrogens is 379 g/mol. The Morgan fingerprint density at radius 3 is 2.74 bits per heavy atom. The minimum Gasteiger partial charge on any atom is -0.378 e. The summed E-state index contributed by atoms with van der Waals surface area (Å²) < 4.78 is 45.5. The van der Waals surface area contributed by atoms with E-state index in [0.29, 0.717) is 49.2 Å². The van der Waals surface area contributed by atoms with Gasteiger partial charge < -0.3 is 14.5 Å². The van der Waals surface area contributed by atoms with E-state index in [1.54, 1.807) is 6.07 Å². The van der Waals surface area contributed by atoms with Crippen LogP contribution in [-0.2, 0) is 15.7 Å². The van der Waals surface area contributed by atoms with Gasteiger partial charge in [-0.25, -0.2) is 4.98 Å². The summed E-state index contributed by atoms with van der Waals surface area (Å²) in [7, 11) is 0. The standard InChI is InChI=1S/C18H20F3N3O2S/c19-18(20,21)13-4-1-5-14-15(13)22-17(27-14)24-6-2-3-12(11-24)16(25)23-7-9-26-10-8-23/h1,4-5,12H,2-3,6-11H2. The van der Waals surface area contributed by atoms with Gasteiger partial charge in [-0.05, 0) is 25.0 Å². The van der Waals surface area contributed by atoms with Crippen LogP contribution in [0.3, 0.4) is 0 Å². The summed E-state index contributed by atoms with van der Waals surface area (Å²) in [5.41, 5.74) is -0.716.